The van der Waals surface area contributed by atoms with Crippen LogP contribution in [0.5, 0.6) is 0 Å². The first-order chi connectivity index (χ1) is 7.20. The van der Waals surface area contributed by atoms with E-state index >= 15 is 0 Å². The van der Waals surface area contributed by atoms with Crippen molar-refractivity contribution in [3.8, 4) is 0 Å². The molecule has 1 aromatic heterocycles. The molecule has 1 aliphatic rings. The number of nitrogens with two attached hydrogens (primary N) is 1. The standard InChI is InChI=1S/C8H12N4O3/c9-5-1-2-12(8(14)11-5)7-3-10-6(4-13)15-7/h1-2,6-7,10,13H,3-4H2,(H2,9,11,14)/t6-,7-/m0/s1. The molecule has 7 heteroatoms. The summed E-state index contributed by atoms with van der Waals surface area (Å²) in [7, 11) is 0. The van der Waals surface area contributed by atoms with Crippen molar-refractivity contribution in [1.29, 1.82) is 0 Å². The van der Waals surface area contributed by atoms with E-state index in [1.165, 1.54) is 16.8 Å². The minimum absolute atomic E-state index is 0.131. The Labute approximate surface area is 85.5 Å². The SMILES string of the molecule is Nc1ccn([C@@H]2CN[C@H](CO)O2)c(=O)n1. The lowest BCUT2D eigenvalue weighted by Gasteiger charge is -2.12. The molecule has 15 heavy (non-hydrogen) atoms. The van der Waals surface area contributed by atoms with Gasteiger partial charge in [0.15, 0.2) is 6.23 Å². The summed E-state index contributed by atoms with van der Waals surface area (Å²) < 4.78 is 6.67. The van der Waals surface area contributed by atoms with Crippen molar-refractivity contribution in [2.24, 2.45) is 0 Å². The molecule has 0 saturated carbocycles. The van der Waals surface area contributed by atoms with Gasteiger partial charge >= 0.3 is 5.69 Å². The van der Waals surface area contributed by atoms with Gasteiger partial charge in [-0.25, -0.2) is 4.79 Å². The molecule has 1 aliphatic heterocycles. The molecule has 82 valence electrons. The molecule has 1 saturated heterocycles. The second-order valence-corrected chi connectivity index (χ2v) is 3.21. The average Bonchev–Trinajstić information content (AvgIpc) is 2.66. The highest BCUT2D eigenvalue weighted by atomic mass is 16.5. The Hall–Kier alpha value is -1.44. The molecule has 0 aromatic carbocycles. The van der Waals surface area contributed by atoms with Gasteiger partial charge in [-0.2, -0.15) is 4.98 Å². The number of anilines is 1. The van der Waals surface area contributed by atoms with Gasteiger partial charge in [0.05, 0.1) is 6.61 Å². The molecule has 1 fully saturated rings. The number of aliphatic hydroxyl groups is 1. The van der Waals surface area contributed by atoms with Crippen LogP contribution >= 0.6 is 0 Å². The van der Waals surface area contributed by atoms with Crippen LogP contribution in [0.1, 0.15) is 6.23 Å². The maximum Gasteiger partial charge on any atom is 0.351 e. The molecule has 0 bridgehead atoms. The maximum atomic E-state index is 11.4. The molecule has 2 atom stereocenters. The van der Waals surface area contributed by atoms with Gasteiger partial charge < -0.3 is 15.6 Å². The van der Waals surface area contributed by atoms with Gasteiger partial charge in [0.2, 0.25) is 0 Å². The van der Waals surface area contributed by atoms with E-state index in [2.05, 4.69) is 10.3 Å². The molecule has 4 N–H and O–H groups in total. The number of hydrogen-bond acceptors (Lipinski definition) is 6. The lowest BCUT2D eigenvalue weighted by atomic mass is 10.5. The minimum atomic E-state index is -0.458. The van der Waals surface area contributed by atoms with Gasteiger partial charge in [-0.05, 0) is 6.07 Å². The van der Waals surface area contributed by atoms with E-state index in [0.717, 1.165) is 0 Å². The van der Waals surface area contributed by atoms with Crippen LogP contribution in [0.3, 0.4) is 0 Å². The Kier molecular flexibility index (Phi) is 2.67. The van der Waals surface area contributed by atoms with Gasteiger partial charge in [0, 0.05) is 12.7 Å². The summed E-state index contributed by atoms with van der Waals surface area (Å²) in [5, 5.41) is 11.7. The van der Waals surface area contributed by atoms with Crippen molar-refractivity contribution in [1.82, 2.24) is 14.9 Å². The van der Waals surface area contributed by atoms with E-state index in [9.17, 15) is 4.79 Å². The molecule has 0 amide bonds. The zero-order valence-corrected chi connectivity index (χ0v) is 7.96. The van der Waals surface area contributed by atoms with E-state index in [0.29, 0.717) is 6.54 Å². The van der Waals surface area contributed by atoms with E-state index in [4.69, 9.17) is 15.6 Å². The predicted octanol–water partition coefficient (Wildman–Crippen LogP) is -1.74. The minimum Gasteiger partial charge on any atom is -0.392 e. The van der Waals surface area contributed by atoms with Crippen LogP contribution in [-0.4, -0.2) is 34.0 Å². The summed E-state index contributed by atoms with van der Waals surface area (Å²) >= 11 is 0. The van der Waals surface area contributed by atoms with Crippen molar-refractivity contribution >= 4 is 5.82 Å². The average molecular weight is 212 g/mol. The molecule has 0 aliphatic carbocycles. The van der Waals surface area contributed by atoms with E-state index in [-0.39, 0.29) is 12.4 Å². The highest BCUT2D eigenvalue weighted by molar-refractivity contribution is 5.23. The number of nitrogen functional groups attached to an aromatic ring is 1. The second kappa shape index (κ2) is 3.97. The van der Waals surface area contributed by atoms with Crippen LogP contribution in [0, 0.1) is 0 Å². The zero-order valence-electron chi connectivity index (χ0n) is 7.96. The summed E-state index contributed by atoms with van der Waals surface area (Å²) in [6, 6.07) is 1.52. The monoisotopic (exact) mass is 212 g/mol. The quantitative estimate of drug-likeness (QED) is 0.538. The number of ether oxygens (including phenoxy) is 1. The third-order valence-electron chi connectivity index (χ3n) is 2.17. The van der Waals surface area contributed by atoms with E-state index in [1.54, 1.807) is 0 Å². The molecule has 2 rings (SSSR count). The fourth-order valence-corrected chi connectivity index (χ4v) is 1.43. The molecule has 0 unspecified atom stereocenters. The predicted molar refractivity (Wildman–Crippen MR) is 51.9 cm³/mol. The van der Waals surface area contributed by atoms with E-state index in [1.807, 2.05) is 0 Å². The number of rotatable bonds is 2. The first-order valence-corrected chi connectivity index (χ1v) is 4.55. The van der Waals surface area contributed by atoms with Gasteiger partial charge in [-0.15, -0.1) is 0 Å². The summed E-state index contributed by atoms with van der Waals surface area (Å²) in [5.41, 5.74) is 4.90. The highest BCUT2D eigenvalue weighted by Crippen LogP contribution is 2.13. The molecule has 1 aromatic rings. The lowest BCUT2D eigenvalue weighted by molar-refractivity contribution is -0.0265. The summed E-state index contributed by atoms with van der Waals surface area (Å²) in [4.78, 5) is 15.0. The van der Waals surface area contributed by atoms with Crippen LogP contribution in [-0.2, 0) is 4.74 Å². The van der Waals surface area contributed by atoms with Gasteiger partial charge in [-0.1, -0.05) is 0 Å². The van der Waals surface area contributed by atoms with Gasteiger partial charge in [0.25, 0.3) is 0 Å². The molecule has 7 nitrogen and oxygen atoms in total. The van der Waals surface area contributed by atoms with Crippen LogP contribution in [0.15, 0.2) is 17.1 Å². The maximum absolute atomic E-state index is 11.4. The Morgan fingerprint density at radius 3 is 3.20 bits per heavy atom. The summed E-state index contributed by atoms with van der Waals surface area (Å²) in [6.07, 6.45) is 0.652. The number of nitrogens with one attached hydrogen (secondary N) is 1. The normalized spacial score (nSPS) is 25.7. The molecule has 0 radical (unpaired) electrons. The third kappa shape index (κ3) is 1.99. The topological polar surface area (TPSA) is 102 Å². The highest BCUT2D eigenvalue weighted by Gasteiger charge is 2.25. The van der Waals surface area contributed by atoms with Gasteiger partial charge in [-0.3, -0.25) is 9.88 Å². The number of nitrogens with zero attached hydrogens (tertiary/aromatic N) is 2. The lowest BCUT2D eigenvalue weighted by Crippen LogP contribution is -2.28. The smallest absolute Gasteiger partial charge is 0.351 e. The molecular weight excluding hydrogens is 200 g/mol. The van der Waals surface area contributed by atoms with Crippen LogP contribution in [0.4, 0.5) is 5.82 Å². The van der Waals surface area contributed by atoms with Crippen LogP contribution < -0.4 is 16.7 Å². The van der Waals surface area contributed by atoms with Crippen LogP contribution in [0.25, 0.3) is 0 Å². The first kappa shape index (κ1) is 10.1. The Balaban J connectivity index is 2.20. The largest absolute Gasteiger partial charge is 0.392 e. The number of hydrogen-bond donors (Lipinski definition) is 3. The first-order valence-electron chi connectivity index (χ1n) is 4.55. The molecule has 2 heterocycles. The fourth-order valence-electron chi connectivity index (χ4n) is 1.43. The third-order valence-corrected chi connectivity index (χ3v) is 2.17. The summed E-state index contributed by atoms with van der Waals surface area (Å²) in [5.74, 6) is 0.181. The fraction of sp³-hybridized carbons (Fsp3) is 0.500. The Morgan fingerprint density at radius 1 is 1.80 bits per heavy atom. The zero-order chi connectivity index (χ0) is 10.8. The number of aliphatic hydroxyl groups excluding tert-OH is 1. The Morgan fingerprint density at radius 2 is 2.60 bits per heavy atom. The number of aromatic nitrogens is 2. The Bertz CT molecular complexity index is 405. The second-order valence-electron chi connectivity index (χ2n) is 3.21. The van der Waals surface area contributed by atoms with Crippen molar-refractivity contribution in [3.63, 3.8) is 0 Å². The van der Waals surface area contributed by atoms with Crippen molar-refractivity contribution < 1.29 is 9.84 Å². The van der Waals surface area contributed by atoms with E-state index < -0.39 is 18.1 Å². The molecular formula is C8H12N4O3. The van der Waals surface area contributed by atoms with Crippen LogP contribution in [0.2, 0.25) is 0 Å². The van der Waals surface area contributed by atoms with Gasteiger partial charge in [0.1, 0.15) is 12.0 Å². The van der Waals surface area contributed by atoms with Crippen molar-refractivity contribution in [3.05, 3.63) is 22.7 Å². The van der Waals surface area contributed by atoms with Crippen molar-refractivity contribution in [2.75, 3.05) is 18.9 Å². The molecule has 0 spiro atoms. The summed E-state index contributed by atoms with van der Waals surface area (Å²) in [6.45, 7) is 0.324. The van der Waals surface area contributed by atoms with Crippen molar-refractivity contribution in [2.45, 2.75) is 12.5 Å².